The first kappa shape index (κ1) is 18.6. The van der Waals surface area contributed by atoms with Crippen LogP contribution in [0.3, 0.4) is 0 Å². The molecule has 1 N–H and O–H groups in total. The number of fused-ring (bicyclic) bond motifs is 2. The van der Waals surface area contributed by atoms with Crippen LogP contribution in [-0.2, 0) is 20.9 Å². The molecule has 1 amide bonds. The quantitative estimate of drug-likeness (QED) is 0.650. The van der Waals surface area contributed by atoms with Crippen molar-refractivity contribution in [3.8, 4) is 0 Å². The highest BCUT2D eigenvalue weighted by molar-refractivity contribution is 5.91. The van der Waals surface area contributed by atoms with Crippen LogP contribution in [0.5, 0.6) is 0 Å². The van der Waals surface area contributed by atoms with Crippen LogP contribution in [0.1, 0.15) is 57.6 Å². The van der Waals surface area contributed by atoms with Gasteiger partial charge in [0, 0.05) is 36.8 Å². The monoisotopic (exact) mass is 357 g/mol. The lowest BCUT2D eigenvalue weighted by molar-refractivity contribution is -0.148. The Morgan fingerprint density at radius 1 is 1.38 bits per heavy atom. The minimum atomic E-state index is -0.515. The zero-order chi connectivity index (χ0) is 18.7. The largest absolute Gasteiger partial charge is 0.457 e. The highest BCUT2D eigenvalue weighted by Gasteiger charge is 2.28. The van der Waals surface area contributed by atoms with E-state index in [-0.39, 0.29) is 11.9 Å². The van der Waals surface area contributed by atoms with Crippen molar-refractivity contribution in [3.05, 3.63) is 29.5 Å². The number of ether oxygens (including phenoxy) is 1. The summed E-state index contributed by atoms with van der Waals surface area (Å²) in [6, 6.07) is 2.29. The van der Waals surface area contributed by atoms with Gasteiger partial charge in [-0.05, 0) is 57.9 Å². The van der Waals surface area contributed by atoms with Gasteiger partial charge in [0.15, 0.2) is 0 Å². The first-order valence-electron chi connectivity index (χ1n) is 9.24. The van der Waals surface area contributed by atoms with Crippen LogP contribution in [-0.4, -0.2) is 39.9 Å². The first-order chi connectivity index (χ1) is 12.3. The molecule has 0 bridgehead atoms. The Bertz CT molecular complexity index is 722. The van der Waals surface area contributed by atoms with Gasteiger partial charge in [0.05, 0.1) is 0 Å². The van der Waals surface area contributed by atoms with Crippen molar-refractivity contribution >= 4 is 23.8 Å². The van der Waals surface area contributed by atoms with Crippen LogP contribution in [0.2, 0.25) is 0 Å². The Labute approximate surface area is 154 Å². The van der Waals surface area contributed by atoms with E-state index in [1.807, 2.05) is 26.8 Å². The minimum absolute atomic E-state index is 0.0207. The summed E-state index contributed by atoms with van der Waals surface area (Å²) in [4.78, 5) is 30.9. The lowest BCUT2D eigenvalue weighted by Gasteiger charge is -2.37. The molecule has 1 atom stereocenters. The second kappa shape index (κ2) is 7.58. The number of nitrogens with one attached hydrogen (secondary N) is 1. The van der Waals surface area contributed by atoms with Crippen LogP contribution in [0.4, 0.5) is 5.82 Å². The smallest absolute Gasteiger partial charge is 0.331 e. The van der Waals surface area contributed by atoms with Gasteiger partial charge in [0.1, 0.15) is 11.4 Å². The Morgan fingerprint density at radius 2 is 2.19 bits per heavy atom. The number of amides is 1. The second-order valence-electron chi connectivity index (χ2n) is 8.02. The molecule has 1 saturated heterocycles. The third-order valence-corrected chi connectivity index (χ3v) is 4.61. The van der Waals surface area contributed by atoms with Crippen LogP contribution in [0, 0.1) is 0 Å². The fraction of sp³-hybridized carbons (Fsp3) is 0.550. The maximum absolute atomic E-state index is 12.2. The number of carbonyl (C=O) groups excluding carboxylic acids is 2. The molecular formula is C20H27N3O3. The Hall–Kier alpha value is -2.21. The maximum Gasteiger partial charge on any atom is 0.331 e. The highest BCUT2D eigenvalue weighted by atomic mass is 16.6. The predicted molar refractivity (Wildman–Crippen MR) is 100 cm³/mol. The zero-order valence-corrected chi connectivity index (χ0v) is 15.7. The molecule has 1 aromatic heterocycles. The van der Waals surface area contributed by atoms with Crippen molar-refractivity contribution in [2.45, 2.75) is 64.6 Å². The van der Waals surface area contributed by atoms with Crippen molar-refractivity contribution in [1.29, 1.82) is 0 Å². The lowest BCUT2D eigenvalue weighted by atomic mass is 9.97. The van der Waals surface area contributed by atoms with Gasteiger partial charge in [0.25, 0.3) is 0 Å². The molecule has 1 unspecified atom stereocenters. The van der Waals surface area contributed by atoms with Crippen LogP contribution in [0.15, 0.2) is 18.3 Å². The number of aromatic nitrogens is 1. The van der Waals surface area contributed by atoms with Gasteiger partial charge in [-0.15, -0.1) is 0 Å². The third kappa shape index (κ3) is 4.91. The molecule has 6 heteroatoms. The zero-order valence-electron chi connectivity index (χ0n) is 15.7. The molecule has 0 saturated carbocycles. The van der Waals surface area contributed by atoms with Gasteiger partial charge < -0.3 is 10.1 Å². The minimum Gasteiger partial charge on any atom is -0.457 e. The topological polar surface area (TPSA) is 71.5 Å². The van der Waals surface area contributed by atoms with Crippen molar-refractivity contribution in [3.63, 3.8) is 0 Å². The maximum atomic E-state index is 12.2. The van der Waals surface area contributed by atoms with Crippen molar-refractivity contribution in [2.24, 2.45) is 0 Å². The standard InChI is InChI=1S/C20H27N3O3/c1-20(2,3)26-18(25)8-7-14-10-15-13-23-9-5-4-6-16(23)11-17(24)22-19(15)21-12-14/h7-8,10,12,16H,4-6,9,11,13H2,1-3H3,(H,21,22,24). The van der Waals surface area contributed by atoms with E-state index in [9.17, 15) is 9.59 Å². The van der Waals surface area contributed by atoms with E-state index in [1.165, 1.54) is 18.9 Å². The number of hydrogen-bond donors (Lipinski definition) is 1. The number of esters is 1. The molecule has 0 aliphatic carbocycles. The highest BCUT2D eigenvalue weighted by Crippen LogP contribution is 2.27. The fourth-order valence-electron chi connectivity index (χ4n) is 3.47. The van der Waals surface area contributed by atoms with Gasteiger partial charge in [0.2, 0.25) is 5.91 Å². The molecule has 3 heterocycles. The molecule has 26 heavy (non-hydrogen) atoms. The number of nitrogens with zero attached hydrogens (tertiary/aromatic N) is 2. The lowest BCUT2D eigenvalue weighted by Crippen LogP contribution is -2.42. The Morgan fingerprint density at radius 3 is 2.96 bits per heavy atom. The van der Waals surface area contributed by atoms with Gasteiger partial charge in [-0.2, -0.15) is 0 Å². The summed E-state index contributed by atoms with van der Waals surface area (Å²) in [7, 11) is 0. The van der Waals surface area contributed by atoms with E-state index < -0.39 is 5.60 Å². The molecule has 2 aliphatic rings. The van der Waals surface area contributed by atoms with Crippen molar-refractivity contribution < 1.29 is 14.3 Å². The van der Waals surface area contributed by atoms with Gasteiger partial charge >= 0.3 is 5.97 Å². The van der Waals surface area contributed by atoms with E-state index in [1.54, 1.807) is 12.3 Å². The van der Waals surface area contributed by atoms with E-state index >= 15 is 0 Å². The SMILES string of the molecule is CC(C)(C)OC(=O)C=Cc1cnc2c(c1)CN1CCCCC1CC(=O)N2. The van der Waals surface area contributed by atoms with Crippen LogP contribution >= 0.6 is 0 Å². The van der Waals surface area contributed by atoms with E-state index in [0.29, 0.717) is 18.3 Å². The number of rotatable bonds is 2. The number of pyridine rings is 1. The summed E-state index contributed by atoms with van der Waals surface area (Å²) in [5.41, 5.74) is 1.29. The second-order valence-corrected chi connectivity index (χ2v) is 8.02. The van der Waals surface area contributed by atoms with Crippen LogP contribution < -0.4 is 5.32 Å². The van der Waals surface area contributed by atoms with Crippen molar-refractivity contribution in [2.75, 3.05) is 11.9 Å². The average molecular weight is 357 g/mol. The fourth-order valence-corrected chi connectivity index (χ4v) is 3.47. The van der Waals surface area contributed by atoms with Crippen molar-refractivity contribution in [1.82, 2.24) is 9.88 Å². The number of carbonyl (C=O) groups is 2. The van der Waals surface area contributed by atoms with E-state index in [0.717, 1.165) is 30.6 Å². The summed E-state index contributed by atoms with van der Waals surface area (Å²) < 4.78 is 5.28. The summed E-state index contributed by atoms with van der Waals surface area (Å²) in [5, 5.41) is 2.93. The molecular weight excluding hydrogens is 330 g/mol. The summed E-state index contributed by atoms with van der Waals surface area (Å²) in [6.45, 7) is 7.28. The molecule has 0 radical (unpaired) electrons. The van der Waals surface area contributed by atoms with Gasteiger partial charge in [-0.1, -0.05) is 6.42 Å². The molecule has 140 valence electrons. The molecule has 1 fully saturated rings. The number of anilines is 1. The van der Waals surface area contributed by atoms with Gasteiger partial charge in [-0.3, -0.25) is 9.69 Å². The number of piperidine rings is 1. The molecule has 6 nitrogen and oxygen atoms in total. The first-order valence-corrected chi connectivity index (χ1v) is 9.24. The van der Waals surface area contributed by atoms with E-state index in [2.05, 4.69) is 15.2 Å². The van der Waals surface area contributed by atoms with Crippen LogP contribution in [0.25, 0.3) is 6.08 Å². The predicted octanol–water partition coefficient (Wildman–Crippen LogP) is 3.13. The van der Waals surface area contributed by atoms with E-state index in [4.69, 9.17) is 4.74 Å². The molecule has 3 rings (SSSR count). The average Bonchev–Trinajstić information content (AvgIpc) is 2.53. The summed E-state index contributed by atoms with van der Waals surface area (Å²) >= 11 is 0. The summed E-state index contributed by atoms with van der Waals surface area (Å²) in [6.07, 6.45) is 8.72. The van der Waals surface area contributed by atoms with Gasteiger partial charge in [-0.25, -0.2) is 9.78 Å². The summed E-state index contributed by atoms with van der Waals surface area (Å²) in [5.74, 6) is 0.259. The molecule has 1 aromatic rings. The third-order valence-electron chi connectivity index (χ3n) is 4.61. The molecule has 2 aliphatic heterocycles. The molecule has 0 aromatic carbocycles. The Balaban J connectivity index is 1.79. The number of hydrogen-bond acceptors (Lipinski definition) is 5. The normalized spacial score (nSPS) is 21.3. The molecule has 0 spiro atoms. The Kier molecular flexibility index (Phi) is 5.41.